The van der Waals surface area contributed by atoms with Crippen molar-refractivity contribution in [2.75, 3.05) is 5.73 Å². The average Bonchev–Trinajstić information content (AvgIpc) is 2.97. The Hall–Kier alpha value is -3.02. The summed E-state index contributed by atoms with van der Waals surface area (Å²) in [5.74, 6) is 0.618. The summed E-state index contributed by atoms with van der Waals surface area (Å²) in [5.41, 5.74) is 8.70. The molecular weight excluding hydrogens is 266 g/mol. The van der Waals surface area contributed by atoms with E-state index >= 15 is 0 Å². The fourth-order valence-corrected chi connectivity index (χ4v) is 2.06. The van der Waals surface area contributed by atoms with Crippen LogP contribution in [0.5, 0.6) is 0 Å². The second kappa shape index (κ2) is 5.16. The molecule has 1 aromatic heterocycles. The highest BCUT2D eigenvalue weighted by Gasteiger charge is 2.11. The van der Waals surface area contributed by atoms with Gasteiger partial charge in [0.1, 0.15) is 0 Å². The Kier molecular flexibility index (Phi) is 3.19. The van der Waals surface area contributed by atoms with E-state index in [-0.39, 0.29) is 5.78 Å². The van der Waals surface area contributed by atoms with E-state index in [1.165, 1.54) is 6.92 Å². The van der Waals surface area contributed by atoms with Gasteiger partial charge in [0, 0.05) is 16.8 Å². The fraction of sp³-hybridized carbons (Fsp3) is 0.0667. The summed E-state index contributed by atoms with van der Waals surface area (Å²) in [7, 11) is 0. The first-order chi connectivity index (χ1) is 10.1. The molecule has 0 saturated carbocycles. The minimum absolute atomic E-state index is 0.0225. The number of hydrogen-bond donors (Lipinski definition) is 1. The van der Waals surface area contributed by atoms with Gasteiger partial charge in [0.05, 0.1) is 5.69 Å². The first-order valence-electron chi connectivity index (χ1n) is 6.41. The summed E-state index contributed by atoms with van der Waals surface area (Å²) in [6.45, 7) is 1.53. The third kappa shape index (κ3) is 2.51. The topological polar surface area (TPSA) is 86.7 Å². The van der Waals surface area contributed by atoms with Gasteiger partial charge in [-0.2, -0.15) is 4.68 Å². The number of anilines is 1. The number of nitrogens with two attached hydrogens (primary N) is 1. The molecule has 0 atom stereocenters. The van der Waals surface area contributed by atoms with Gasteiger partial charge in [-0.15, -0.1) is 5.10 Å². The van der Waals surface area contributed by atoms with Gasteiger partial charge in [0.25, 0.3) is 0 Å². The van der Waals surface area contributed by atoms with Crippen LogP contribution < -0.4 is 5.73 Å². The molecule has 104 valence electrons. The monoisotopic (exact) mass is 279 g/mol. The molecule has 3 aromatic rings. The van der Waals surface area contributed by atoms with Gasteiger partial charge in [-0.3, -0.25) is 4.79 Å². The summed E-state index contributed by atoms with van der Waals surface area (Å²) < 4.78 is 1.61. The Bertz CT molecular complexity index is 792. The molecule has 0 unspecified atom stereocenters. The Morgan fingerprint density at radius 3 is 2.57 bits per heavy atom. The average molecular weight is 279 g/mol. The van der Waals surface area contributed by atoms with Crippen LogP contribution in [0.2, 0.25) is 0 Å². The highest BCUT2D eigenvalue weighted by atomic mass is 16.1. The normalized spacial score (nSPS) is 10.5. The molecule has 0 spiro atoms. The van der Waals surface area contributed by atoms with Crippen molar-refractivity contribution in [1.82, 2.24) is 20.2 Å². The lowest BCUT2D eigenvalue weighted by Crippen LogP contribution is -2.01. The van der Waals surface area contributed by atoms with Crippen molar-refractivity contribution in [2.45, 2.75) is 6.92 Å². The number of Topliss-reactive ketones (excluding diaryl/α,β-unsaturated/α-hetero) is 1. The largest absolute Gasteiger partial charge is 0.399 e. The quantitative estimate of drug-likeness (QED) is 0.586. The molecule has 1 heterocycles. The fourth-order valence-electron chi connectivity index (χ4n) is 2.06. The predicted molar refractivity (Wildman–Crippen MR) is 79.0 cm³/mol. The summed E-state index contributed by atoms with van der Waals surface area (Å²) in [6, 6.07) is 14.5. The molecule has 2 aromatic carbocycles. The second-order valence-corrected chi connectivity index (χ2v) is 4.64. The van der Waals surface area contributed by atoms with Crippen molar-refractivity contribution in [2.24, 2.45) is 0 Å². The van der Waals surface area contributed by atoms with Crippen molar-refractivity contribution in [3.05, 3.63) is 54.1 Å². The van der Waals surface area contributed by atoms with Gasteiger partial charge in [-0.1, -0.05) is 12.1 Å². The van der Waals surface area contributed by atoms with Crippen LogP contribution in [-0.2, 0) is 0 Å². The molecule has 3 rings (SSSR count). The van der Waals surface area contributed by atoms with E-state index in [9.17, 15) is 4.79 Å². The van der Waals surface area contributed by atoms with Gasteiger partial charge < -0.3 is 5.73 Å². The number of carbonyl (C=O) groups is 1. The SMILES string of the molecule is CC(=O)c1ccc(-n2nnnc2-c2cccc(N)c2)cc1. The maximum atomic E-state index is 11.3. The molecule has 0 fully saturated rings. The molecule has 0 saturated heterocycles. The molecule has 2 N–H and O–H groups in total. The molecule has 6 nitrogen and oxygen atoms in total. The van der Waals surface area contributed by atoms with Crippen LogP contribution in [0.4, 0.5) is 5.69 Å². The lowest BCUT2D eigenvalue weighted by Gasteiger charge is -2.05. The third-order valence-corrected chi connectivity index (χ3v) is 3.13. The minimum Gasteiger partial charge on any atom is -0.399 e. The molecule has 0 bridgehead atoms. The molecule has 6 heteroatoms. The Labute approximate surface area is 121 Å². The van der Waals surface area contributed by atoms with Crippen LogP contribution >= 0.6 is 0 Å². The van der Waals surface area contributed by atoms with Gasteiger partial charge in [0.2, 0.25) is 0 Å². The molecule has 0 aliphatic heterocycles. The van der Waals surface area contributed by atoms with Gasteiger partial charge in [-0.25, -0.2) is 0 Å². The molecular formula is C15H13N5O. The molecule has 0 aliphatic carbocycles. The number of nitrogens with zero attached hydrogens (tertiary/aromatic N) is 4. The number of hydrogen-bond acceptors (Lipinski definition) is 5. The van der Waals surface area contributed by atoms with Crippen molar-refractivity contribution < 1.29 is 4.79 Å². The summed E-state index contributed by atoms with van der Waals surface area (Å²) in [4.78, 5) is 11.3. The number of rotatable bonds is 3. The zero-order valence-electron chi connectivity index (χ0n) is 11.4. The number of benzene rings is 2. The second-order valence-electron chi connectivity index (χ2n) is 4.64. The van der Waals surface area contributed by atoms with E-state index in [2.05, 4.69) is 15.5 Å². The van der Waals surface area contributed by atoms with Crippen LogP contribution in [0.25, 0.3) is 17.1 Å². The molecule has 0 aliphatic rings. The number of tetrazole rings is 1. The summed E-state index contributed by atoms with van der Waals surface area (Å²) in [5, 5.41) is 11.8. The third-order valence-electron chi connectivity index (χ3n) is 3.13. The van der Waals surface area contributed by atoms with Crippen LogP contribution in [0, 0.1) is 0 Å². The van der Waals surface area contributed by atoms with Crippen molar-refractivity contribution in [3.63, 3.8) is 0 Å². The van der Waals surface area contributed by atoms with Crippen LogP contribution in [0.15, 0.2) is 48.5 Å². The minimum atomic E-state index is 0.0225. The van der Waals surface area contributed by atoms with E-state index in [4.69, 9.17) is 5.73 Å². The highest BCUT2D eigenvalue weighted by Crippen LogP contribution is 2.21. The number of ketones is 1. The smallest absolute Gasteiger partial charge is 0.187 e. The lowest BCUT2D eigenvalue weighted by molar-refractivity contribution is 0.101. The van der Waals surface area contributed by atoms with Crippen molar-refractivity contribution >= 4 is 11.5 Å². The maximum Gasteiger partial charge on any atom is 0.187 e. The zero-order chi connectivity index (χ0) is 14.8. The zero-order valence-corrected chi connectivity index (χ0v) is 11.4. The van der Waals surface area contributed by atoms with E-state index in [0.717, 1.165) is 11.3 Å². The molecule has 21 heavy (non-hydrogen) atoms. The summed E-state index contributed by atoms with van der Waals surface area (Å²) >= 11 is 0. The molecule has 0 amide bonds. The maximum absolute atomic E-state index is 11.3. The summed E-state index contributed by atoms with van der Waals surface area (Å²) in [6.07, 6.45) is 0. The number of aromatic nitrogens is 4. The Morgan fingerprint density at radius 1 is 1.14 bits per heavy atom. The Balaban J connectivity index is 2.04. The van der Waals surface area contributed by atoms with Gasteiger partial charge in [0.15, 0.2) is 11.6 Å². The van der Waals surface area contributed by atoms with Crippen LogP contribution in [0.3, 0.4) is 0 Å². The van der Waals surface area contributed by atoms with E-state index in [1.54, 1.807) is 22.9 Å². The van der Waals surface area contributed by atoms with Crippen LogP contribution in [-0.4, -0.2) is 26.0 Å². The first kappa shape index (κ1) is 13.0. The Morgan fingerprint density at radius 2 is 1.90 bits per heavy atom. The number of carbonyl (C=O) groups excluding carboxylic acids is 1. The van der Waals surface area contributed by atoms with Crippen molar-refractivity contribution in [1.29, 1.82) is 0 Å². The lowest BCUT2D eigenvalue weighted by atomic mass is 10.1. The van der Waals surface area contributed by atoms with E-state index in [0.29, 0.717) is 17.1 Å². The van der Waals surface area contributed by atoms with Gasteiger partial charge >= 0.3 is 0 Å². The molecule has 0 radical (unpaired) electrons. The first-order valence-corrected chi connectivity index (χ1v) is 6.41. The predicted octanol–water partition coefficient (Wildman–Crippen LogP) is 2.11. The highest BCUT2D eigenvalue weighted by molar-refractivity contribution is 5.94. The van der Waals surface area contributed by atoms with Crippen molar-refractivity contribution in [3.8, 4) is 17.1 Å². The van der Waals surface area contributed by atoms with Crippen LogP contribution in [0.1, 0.15) is 17.3 Å². The number of nitrogen functional groups attached to an aromatic ring is 1. The van der Waals surface area contributed by atoms with E-state index in [1.807, 2.05) is 30.3 Å². The standard InChI is InChI=1S/C15H13N5O/c1-10(21)11-5-7-14(8-6-11)20-15(17-18-19-20)12-3-2-4-13(16)9-12/h2-9H,16H2,1H3. The van der Waals surface area contributed by atoms with E-state index < -0.39 is 0 Å². The van der Waals surface area contributed by atoms with Gasteiger partial charge in [-0.05, 0) is 53.7 Å².